The molecule has 0 atom stereocenters. The Kier molecular flexibility index (Phi) is 12.1. The summed E-state index contributed by atoms with van der Waals surface area (Å²) >= 11 is 0. The van der Waals surface area contributed by atoms with Crippen molar-refractivity contribution in [1.82, 2.24) is 10.6 Å². The monoisotopic (exact) mass is 499 g/mol. The summed E-state index contributed by atoms with van der Waals surface area (Å²) in [5.41, 5.74) is 1.11. The van der Waals surface area contributed by atoms with Gasteiger partial charge in [0, 0.05) is 26.8 Å². The highest BCUT2D eigenvalue weighted by atomic mass is 127. The van der Waals surface area contributed by atoms with Crippen molar-refractivity contribution >= 4 is 29.9 Å². The molecular formula is C21H30IN3O3. The number of para-hydroxylation sites is 2. The molecule has 0 aliphatic rings. The van der Waals surface area contributed by atoms with Gasteiger partial charge < -0.3 is 24.8 Å². The lowest BCUT2D eigenvalue weighted by Gasteiger charge is -2.11. The van der Waals surface area contributed by atoms with Crippen LogP contribution in [0.5, 0.6) is 17.2 Å². The minimum Gasteiger partial charge on any atom is -0.493 e. The molecule has 2 aromatic carbocycles. The Morgan fingerprint density at radius 1 is 0.964 bits per heavy atom. The number of hydrogen-bond acceptors (Lipinski definition) is 4. The first-order valence-electron chi connectivity index (χ1n) is 9.17. The molecule has 6 nitrogen and oxygen atoms in total. The van der Waals surface area contributed by atoms with Gasteiger partial charge in [0.15, 0.2) is 17.5 Å². The smallest absolute Gasteiger partial charge is 0.191 e. The van der Waals surface area contributed by atoms with Gasteiger partial charge in [0.05, 0.1) is 13.7 Å². The van der Waals surface area contributed by atoms with Crippen LogP contribution in [-0.2, 0) is 11.3 Å². The highest BCUT2D eigenvalue weighted by molar-refractivity contribution is 14.0. The van der Waals surface area contributed by atoms with E-state index >= 15 is 0 Å². The maximum Gasteiger partial charge on any atom is 0.191 e. The second-order valence-electron chi connectivity index (χ2n) is 5.87. The van der Waals surface area contributed by atoms with E-state index in [0.29, 0.717) is 18.0 Å². The van der Waals surface area contributed by atoms with E-state index in [9.17, 15) is 0 Å². The van der Waals surface area contributed by atoms with Gasteiger partial charge in [-0.3, -0.25) is 0 Å². The standard InChI is InChI=1S/C21H29N3O3.HI/c1-4-22-21(23-14-7-15-25-2)24-16-17-10-12-18(13-11-17)27-20-9-6-5-8-19(20)26-3;/h5-6,8-13H,4,7,14-16H2,1-3H3,(H2,22,23,24);1H. The zero-order valence-electron chi connectivity index (χ0n) is 16.7. The Bertz CT molecular complexity index is 708. The number of methoxy groups -OCH3 is 2. The minimum absolute atomic E-state index is 0. The molecule has 0 saturated heterocycles. The van der Waals surface area contributed by atoms with Crippen molar-refractivity contribution in [2.45, 2.75) is 19.9 Å². The number of nitrogens with zero attached hydrogens (tertiary/aromatic N) is 1. The van der Waals surface area contributed by atoms with Crippen molar-refractivity contribution in [1.29, 1.82) is 0 Å². The fourth-order valence-corrected chi connectivity index (χ4v) is 2.43. The van der Waals surface area contributed by atoms with Crippen molar-refractivity contribution < 1.29 is 14.2 Å². The van der Waals surface area contributed by atoms with Gasteiger partial charge >= 0.3 is 0 Å². The zero-order valence-corrected chi connectivity index (χ0v) is 19.1. The van der Waals surface area contributed by atoms with Gasteiger partial charge in [-0.25, -0.2) is 4.99 Å². The van der Waals surface area contributed by atoms with Crippen molar-refractivity contribution in [2.75, 3.05) is 33.9 Å². The first kappa shape index (κ1) is 24.0. The maximum absolute atomic E-state index is 5.90. The molecule has 0 heterocycles. The summed E-state index contributed by atoms with van der Waals surface area (Å²) < 4.78 is 16.3. The molecule has 2 N–H and O–H groups in total. The second-order valence-corrected chi connectivity index (χ2v) is 5.87. The average Bonchev–Trinajstić information content (AvgIpc) is 2.71. The van der Waals surface area contributed by atoms with Crippen LogP contribution in [0.2, 0.25) is 0 Å². The lowest BCUT2D eigenvalue weighted by Crippen LogP contribution is -2.38. The van der Waals surface area contributed by atoms with Gasteiger partial charge in [-0.05, 0) is 43.2 Å². The van der Waals surface area contributed by atoms with Gasteiger partial charge in [0.2, 0.25) is 0 Å². The molecular weight excluding hydrogens is 469 g/mol. The number of hydrogen-bond donors (Lipinski definition) is 2. The topological polar surface area (TPSA) is 64.1 Å². The molecule has 0 aliphatic carbocycles. The first-order chi connectivity index (χ1) is 13.3. The molecule has 0 unspecified atom stereocenters. The van der Waals surface area contributed by atoms with Crippen LogP contribution >= 0.6 is 24.0 Å². The fraction of sp³-hybridized carbons (Fsp3) is 0.381. The Labute approximate surface area is 184 Å². The van der Waals surface area contributed by atoms with Crippen LogP contribution in [0.4, 0.5) is 0 Å². The summed E-state index contributed by atoms with van der Waals surface area (Å²) in [5, 5.41) is 6.55. The highest BCUT2D eigenvalue weighted by Crippen LogP contribution is 2.30. The number of benzene rings is 2. The van der Waals surface area contributed by atoms with Gasteiger partial charge in [0.1, 0.15) is 5.75 Å². The molecule has 154 valence electrons. The molecule has 0 bridgehead atoms. The van der Waals surface area contributed by atoms with Crippen molar-refractivity contribution in [2.24, 2.45) is 4.99 Å². The number of ether oxygens (including phenoxy) is 3. The van der Waals surface area contributed by atoms with Crippen LogP contribution in [-0.4, -0.2) is 39.9 Å². The van der Waals surface area contributed by atoms with Crippen LogP contribution in [0.15, 0.2) is 53.5 Å². The Morgan fingerprint density at radius 2 is 1.68 bits per heavy atom. The van der Waals surface area contributed by atoms with E-state index in [1.807, 2.05) is 48.5 Å². The average molecular weight is 499 g/mol. The largest absolute Gasteiger partial charge is 0.493 e. The Morgan fingerprint density at radius 3 is 2.32 bits per heavy atom. The van der Waals surface area contributed by atoms with E-state index < -0.39 is 0 Å². The van der Waals surface area contributed by atoms with Crippen LogP contribution < -0.4 is 20.1 Å². The summed E-state index contributed by atoms with van der Waals surface area (Å²) in [6, 6.07) is 15.5. The van der Waals surface area contributed by atoms with Crippen LogP contribution in [0.1, 0.15) is 18.9 Å². The van der Waals surface area contributed by atoms with E-state index in [2.05, 4.69) is 22.5 Å². The lowest BCUT2D eigenvalue weighted by molar-refractivity contribution is 0.195. The molecule has 0 fully saturated rings. The molecule has 0 spiro atoms. The number of nitrogens with one attached hydrogen (secondary N) is 2. The predicted molar refractivity (Wildman–Crippen MR) is 124 cm³/mol. The molecule has 2 rings (SSSR count). The molecule has 0 aliphatic heterocycles. The molecule has 2 aromatic rings. The van der Waals surface area contributed by atoms with Crippen LogP contribution in [0.3, 0.4) is 0 Å². The molecule has 0 saturated carbocycles. The molecule has 28 heavy (non-hydrogen) atoms. The number of halogens is 1. The quantitative estimate of drug-likeness (QED) is 0.222. The number of guanidine groups is 1. The molecule has 0 amide bonds. The zero-order chi connectivity index (χ0) is 19.3. The molecule has 0 radical (unpaired) electrons. The fourth-order valence-electron chi connectivity index (χ4n) is 2.43. The van der Waals surface area contributed by atoms with Crippen LogP contribution in [0.25, 0.3) is 0 Å². The van der Waals surface area contributed by atoms with E-state index in [-0.39, 0.29) is 24.0 Å². The summed E-state index contributed by atoms with van der Waals surface area (Å²) in [5.74, 6) is 2.97. The second kappa shape index (κ2) is 14.1. The van der Waals surface area contributed by atoms with Gasteiger partial charge in [0.25, 0.3) is 0 Å². The third-order valence-corrected chi connectivity index (χ3v) is 3.80. The summed E-state index contributed by atoms with van der Waals surface area (Å²) in [6.07, 6.45) is 0.940. The summed E-state index contributed by atoms with van der Waals surface area (Å²) in [4.78, 5) is 4.62. The van der Waals surface area contributed by atoms with E-state index in [4.69, 9.17) is 14.2 Å². The Balaban J connectivity index is 0.00000392. The van der Waals surface area contributed by atoms with E-state index in [1.165, 1.54) is 0 Å². The highest BCUT2D eigenvalue weighted by Gasteiger charge is 2.04. The van der Waals surface area contributed by atoms with Crippen molar-refractivity contribution in [3.05, 3.63) is 54.1 Å². The van der Waals surface area contributed by atoms with Gasteiger partial charge in [-0.15, -0.1) is 24.0 Å². The van der Waals surface area contributed by atoms with E-state index in [0.717, 1.165) is 43.4 Å². The minimum atomic E-state index is 0. The summed E-state index contributed by atoms with van der Waals surface area (Å²) in [6.45, 7) is 5.03. The third kappa shape index (κ3) is 8.35. The first-order valence-corrected chi connectivity index (χ1v) is 9.17. The summed E-state index contributed by atoms with van der Waals surface area (Å²) in [7, 11) is 3.34. The molecule has 7 heteroatoms. The van der Waals surface area contributed by atoms with E-state index in [1.54, 1.807) is 14.2 Å². The van der Waals surface area contributed by atoms with Gasteiger partial charge in [-0.2, -0.15) is 0 Å². The van der Waals surface area contributed by atoms with Gasteiger partial charge in [-0.1, -0.05) is 24.3 Å². The Hall–Kier alpha value is -2.00. The SMILES string of the molecule is CCNC(=NCc1ccc(Oc2ccccc2OC)cc1)NCCCOC.I. The maximum atomic E-state index is 5.90. The van der Waals surface area contributed by atoms with Crippen LogP contribution in [0, 0.1) is 0 Å². The van der Waals surface area contributed by atoms with Crippen molar-refractivity contribution in [3.63, 3.8) is 0 Å². The normalized spacial score (nSPS) is 10.8. The lowest BCUT2D eigenvalue weighted by atomic mass is 10.2. The predicted octanol–water partition coefficient (Wildman–Crippen LogP) is 4.20. The number of rotatable bonds is 10. The number of aliphatic imine (C=N–C) groups is 1. The third-order valence-electron chi connectivity index (χ3n) is 3.80. The molecule has 0 aromatic heterocycles. The van der Waals surface area contributed by atoms with Crippen molar-refractivity contribution in [3.8, 4) is 17.2 Å².